The molecule has 1 aliphatic rings. The smallest absolute Gasteiger partial charge is 0.306 e. The third kappa shape index (κ3) is 3.59. The number of carbonyl (C=O) groups excluding carboxylic acids is 1. The van der Waals surface area contributed by atoms with Gasteiger partial charge >= 0.3 is 5.97 Å². The van der Waals surface area contributed by atoms with Crippen LogP contribution in [0, 0.1) is 11.8 Å². The molecule has 0 radical (unpaired) electrons. The average Bonchev–Trinajstić information content (AvgIpc) is 2.48. The molecule has 1 saturated carbocycles. The number of carbonyl (C=O) groups is 2. The highest BCUT2D eigenvalue weighted by Crippen LogP contribution is 2.30. The van der Waals surface area contributed by atoms with Crippen LogP contribution in [0.15, 0.2) is 24.3 Å². The summed E-state index contributed by atoms with van der Waals surface area (Å²) in [6, 6.07) is 7.79. The highest BCUT2D eigenvalue weighted by molar-refractivity contribution is 5.93. The molecule has 108 valence electrons. The molecule has 2 rings (SSSR count). The Morgan fingerprint density at radius 1 is 1.20 bits per heavy atom. The maximum atomic E-state index is 12.2. The Morgan fingerprint density at radius 3 is 2.45 bits per heavy atom. The summed E-state index contributed by atoms with van der Waals surface area (Å²) in [4.78, 5) is 23.2. The first kappa shape index (κ1) is 14.6. The average molecular weight is 275 g/mol. The number of aliphatic carboxylic acids is 1. The van der Waals surface area contributed by atoms with Gasteiger partial charge in [0.2, 0.25) is 5.91 Å². The predicted octanol–water partition coefficient (Wildman–Crippen LogP) is 3.08. The number of rotatable bonds is 4. The highest BCUT2D eigenvalue weighted by Gasteiger charge is 2.30. The van der Waals surface area contributed by atoms with Gasteiger partial charge in [-0.2, -0.15) is 0 Å². The third-order valence-corrected chi connectivity index (χ3v) is 4.02. The quantitative estimate of drug-likeness (QED) is 0.887. The largest absolute Gasteiger partial charge is 0.481 e. The van der Waals surface area contributed by atoms with E-state index >= 15 is 0 Å². The fourth-order valence-electron chi connectivity index (χ4n) is 2.72. The molecule has 0 heterocycles. The number of aryl methyl sites for hydroxylation is 1. The van der Waals surface area contributed by atoms with Crippen LogP contribution < -0.4 is 5.32 Å². The summed E-state index contributed by atoms with van der Waals surface area (Å²) in [5.74, 6) is -1.40. The predicted molar refractivity (Wildman–Crippen MR) is 77.5 cm³/mol. The zero-order chi connectivity index (χ0) is 14.5. The van der Waals surface area contributed by atoms with Gasteiger partial charge < -0.3 is 10.4 Å². The molecule has 0 spiro atoms. The molecule has 0 aliphatic heterocycles. The van der Waals surface area contributed by atoms with Crippen molar-refractivity contribution in [2.24, 2.45) is 11.8 Å². The minimum Gasteiger partial charge on any atom is -0.481 e. The molecule has 4 nitrogen and oxygen atoms in total. The standard InChI is InChI=1S/C16H21NO3/c1-2-11-6-8-14(9-7-11)17-15(18)12-4-3-5-13(10-12)16(19)20/h6-9,12-13H,2-5,10H2,1H3,(H,17,18)(H,19,20). The summed E-state index contributed by atoms with van der Waals surface area (Å²) in [5.41, 5.74) is 2.01. The van der Waals surface area contributed by atoms with Gasteiger partial charge in [-0.1, -0.05) is 25.5 Å². The molecule has 1 fully saturated rings. The minimum absolute atomic E-state index is 0.0554. The Bertz CT molecular complexity index is 481. The molecule has 2 atom stereocenters. The second-order valence-electron chi connectivity index (χ2n) is 5.44. The van der Waals surface area contributed by atoms with Crippen LogP contribution in [0.4, 0.5) is 5.69 Å². The van der Waals surface area contributed by atoms with Crippen LogP contribution in [0.3, 0.4) is 0 Å². The van der Waals surface area contributed by atoms with Crippen molar-refractivity contribution < 1.29 is 14.7 Å². The van der Waals surface area contributed by atoms with Gasteiger partial charge in [-0.25, -0.2) is 0 Å². The van der Waals surface area contributed by atoms with Crippen LogP contribution in [-0.2, 0) is 16.0 Å². The van der Waals surface area contributed by atoms with Gasteiger partial charge in [0.25, 0.3) is 0 Å². The molecule has 1 aromatic carbocycles. The summed E-state index contributed by atoms with van der Waals surface area (Å²) in [6.45, 7) is 2.08. The lowest BCUT2D eigenvalue weighted by Gasteiger charge is -2.25. The zero-order valence-corrected chi connectivity index (χ0v) is 11.8. The van der Waals surface area contributed by atoms with E-state index in [-0.39, 0.29) is 17.7 Å². The van der Waals surface area contributed by atoms with Crippen molar-refractivity contribution >= 4 is 17.6 Å². The lowest BCUT2D eigenvalue weighted by molar-refractivity contribution is -0.143. The maximum absolute atomic E-state index is 12.2. The molecular formula is C16H21NO3. The molecule has 2 unspecified atom stereocenters. The van der Waals surface area contributed by atoms with Crippen LogP contribution >= 0.6 is 0 Å². The normalized spacial score (nSPS) is 22.2. The van der Waals surface area contributed by atoms with Gasteiger partial charge in [-0.15, -0.1) is 0 Å². The van der Waals surface area contributed by atoms with Crippen molar-refractivity contribution in [1.82, 2.24) is 0 Å². The zero-order valence-electron chi connectivity index (χ0n) is 11.8. The lowest BCUT2D eigenvalue weighted by Crippen LogP contribution is -2.30. The third-order valence-electron chi connectivity index (χ3n) is 4.02. The summed E-state index contributed by atoms with van der Waals surface area (Å²) in [6.07, 6.45) is 3.70. The summed E-state index contributed by atoms with van der Waals surface area (Å²) < 4.78 is 0. The van der Waals surface area contributed by atoms with Crippen LogP contribution in [0.25, 0.3) is 0 Å². The highest BCUT2D eigenvalue weighted by atomic mass is 16.4. The van der Waals surface area contributed by atoms with Crippen molar-refractivity contribution in [3.8, 4) is 0 Å². The number of benzene rings is 1. The van der Waals surface area contributed by atoms with Gasteiger partial charge in [0, 0.05) is 11.6 Å². The van der Waals surface area contributed by atoms with E-state index in [1.54, 1.807) is 0 Å². The molecule has 0 bridgehead atoms. The molecule has 20 heavy (non-hydrogen) atoms. The second kappa shape index (κ2) is 6.55. The van der Waals surface area contributed by atoms with Gasteiger partial charge in [-0.3, -0.25) is 9.59 Å². The first-order valence-electron chi connectivity index (χ1n) is 7.22. The fraction of sp³-hybridized carbons (Fsp3) is 0.500. The van der Waals surface area contributed by atoms with E-state index in [0.717, 1.165) is 24.9 Å². The van der Waals surface area contributed by atoms with Gasteiger partial charge in [-0.05, 0) is 43.4 Å². The molecule has 0 saturated heterocycles. The number of hydrogen-bond donors (Lipinski definition) is 2. The Kier molecular flexibility index (Phi) is 4.77. The first-order chi connectivity index (χ1) is 9.60. The van der Waals surface area contributed by atoms with Crippen LogP contribution in [0.1, 0.15) is 38.2 Å². The van der Waals surface area contributed by atoms with Crippen molar-refractivity contribution in [1.29, 1.82) is 0 Å². The van der Waals surface area contributed by atoms with Gasteiger partial charge in [0.1, 0.15) is 0 Å². The summed E-state index contributed by atoms with van der Waals surface area (Å²) in [7, 11) is 0. The summed E-state index contributed by atoms with van der Waals surface area (Å²) >= 11 is 0. The molecule has 1 aromatic rings. The van der Waals surface area contributed by atoms with Crippen molar-refractivity contribution in [2.45, 2.75) is 39.0 Å². The van der Waals surface area contributed by atoms with E-state index in [2.05, 4.69) is 12.2 Å². The van der Waals surface area contributed by atoms with E-state index < -0.39 is 5.97 Å². The van der Waals surface area contributed by atoms with Gasteiger partial charge in [0.05, 0.1) is 5.92 Å². The molecule has 1 amide bonds. The van der Waals surface area contributed by atoms with Crippen LogP contribution in [0.5, 0.6) is 0 Å². The molecule has 0 aromatic heterocycles. The Labute approximate surface area is 119 Å². The van der Waals surface area contributed by atoms with Crippen LogP contribution in [0.2, 0.25) is 0 Å². The fourth-order valence-corrected chi connectivity index (χ4v) is 2.72. The van der Waals surface area contributed by atoms with E-state index in [9.17, 15) is 9.59 Å². The number of carboxylic acids is 1. The van der Waals surface area contributed by atoms with Gasteiger partial charge in [0.15, 0.2) is 0 Å². The number of nitrogens with one attached hydrogen (secondary N) is 1. The Hall–Kier alpha value is -1.84. The number of carboxylic acid groups (broad SMARTS) is 1. The Balaban J connectivity index is 1.95. The van der Waals surface area contributed by atoms with E-state index in [4.69, 9.17) is 5.11 Å². The molecular weight excluding hydrogens is 254 g/mol. The molecule has 4 heteroatoms. The van der Waals surface area contributed by atoms with E-state index in [0.29, 0.717) is 12.8 Å². The second-order valence-corrected chi connectivity index (χ2v) is 5.44. The number of amides is 1. The SMILES string of the molecule is CCc1ccc(NC(=O)C2CCCC(C(=O)O)C2)cc1. The molecule has 1 aliphatic carbocycles. The van der Waals surface area contributed by atoms with Crippen molar-refractivity contribution in [2.75, 3.05) is 5.32 Å². The monoisotopic (exact) mass is 275 g/mol. The first-order valence-corrected chi connectivity index (χ1v) is 7.22. The topological polar surface area (TPSA) is 66.4 Å². The molecule has 2 N–H and O–H groups in total. The van der Waals surface area contributed by atoms with Crippen LogP contribution in [-0.4, -0.2) is 17.0 Å². The van der Waals surface area contributed by atoms with E-state index in [1.807, 2.05) is 24.3 Å². The number of anilines is 1. The maximum Gasteiger partial charge on any atom is 0.306 e. The summed E-state index contributed by atoms with van der Waals surface area (Å²) in [5, 5.41) is 11.9. The van der Waals surface area contributed by atoms with Crippen molar-refractivity contribution in [3.63, 3.8) is 0 Å². The minimum atomic E-state index is -0.783. The Morgan fingerprint density at radius 2 is 1.85 bits per heavy atom. The lowest BCUT2D eigenvalue weighted by atomic mass is 9.81. The van der Waals surface area contributed by atoms with E-state index in [1.165, 1.54) is 5.56 Å². The van der Waals surface area contributed by atoms with Crippen molar-refractivity contribution in [3.05, 3.63) is 29.8 Å². The number of hydrogen-bond acceptors (Lipinski definition) is 2.